The zero-order chi connectivity index (χ0) is 12.5. The van der Waals surface area contributed by atoms with E-state index >= 15 is 0 Å². The second-order valence-corrected chi connectivity index (χ2v) is 5.67. The van der Waals surface area contributed by atoms with Gasteiger partial charge in [0.2, 0.25) is 0 Å². The first-order chi connectivity index (χ1) is 8.03. The summed E-state index contributed by atoms with van der Waals surface area (Å²) in [5.74, 6) is 0.227. The zero-order valence-electron chi connectivity index (χ0n) is 10.4. The van der Waals surface area contributed by atoms with E-state index in [0.29, 0.717) is 5.92 Å². The molecule has 1 aliphatic rings. The molecule has 0 aromatic heterocycles. The third-order valence-electron chi connectivity index (χ3n) is 3.89. The van der Waals surface area contributed by atoms with E-state index < -0.39 is 0 Å². The molecule has 0 bridgehead atoms. The topological polar surface area (TPSA) is 12.0 Å². The predicted octanol–water partition coefficient (Wildman–Crippen LogP) is 3.80. The summed E-state index contributed by atoms with van der Waals surface area (Å²) in [6.45, 7) is 5.52. The van der Waals surface area contributed by atoms with Gasteiger partial charge < -0.3 is 5.32 Å². The summed E-state index contributed by atoms with van der Waals surface area (Å²) in [5, 5.41) is 3.80. The van der Waals surface area contributed by atoms with E-state index in [1.165, 1.54) is 6.42 Å². The van der Waals surface area contributed by atoms with Crippen LogP contribution < -0.4 is 5.32 Å². The summed E-state index contributed by atoms with van der Waals surface area (Å²) in [6, 6.07) is 5.14. The SMILES string of the molecule is CC(C)C1(Cc2ccc(Cl)c(F)c2)CCCN1. The van der Waals surface area contributed by atoms with E-state index in [0.717, 1.165) is 24.9 Å². The zero-order valence-corrected chi connectivity index (χ0v) is 11.1. The van der Waals surface area contributed by atoms with Crippen molar-refractivity contribution in [3.63, 3.8) is 0 Å². The number of rotatable bonds is 3. The van der Waals surface area contributed by atoms with Gasteiger partial charge in [-0.1, -0.05) is 31.5 Å². The molecule has 0 radical (unpaired) electrons. The maximum Gasteiger partial charge on any atom is 0.142 e. The summed E-state index contributed by atoms with van der Waals surface area (Å²) in [4.78, 5) is 0. The monoisotopic (exact) mass is 255 g/mol. The van der Waals surface area contributed by atoms with Gasteiger partial charge >= 0.3 is 0 Å². The predicted molar refractivity (Wildman–Crippen MR) is 69.9 cm³/mol. The highest BCUT2D eigenvalue weighted by atomic mass is 35.5. The van der Waals surface area contributed by atoms with Crippen LogP contribution >= 0.6 is 11.6 Å². The highest BCUT2D eigenvalue weighted by Gasteiger charge is 2.36. The summed E-state index contributed by atoms with van der Waals surface area (Å²) < 4.78 is 13.4. The second kappa shape index (κ2) is 4.95. The Kier molecular flexibility index (Phi) is 3.74. The number of hydrogen-bond acceptors (Lipinski definition) is 1. The van der Waals surface area contributed by atoms with Crippen LogP contribution in [0.25, 0.3) is 0 Å². The molecule has 0 aliphatic carbocycles. The van der Waals surface area contributed by atoms with E-state index in [4.69, 9.17) is 11.6 Å². The lowest BCUT2D eigenvalue weighted by atomic mass is 9.80. The maximum atomic E-state index is 13.4. The molecule has 17 heavy (non-hydrogen) atoms. The van der Waals surface area contributed by atoms with Crippen LogP contribution in [0, 0.1) is 11.7 Å². The van der Waals surface area contributed by atoms with E-state index in [-0.39, 0.29) is 16.4 Å². The van der Waals surface area contributed by atoms with Crippen molar-refractivity contribution in [2.45, 2.75) is 38.6 Å². The molecule has 3 heteroatoms. The van der Waals surface area contributed by atoms with E-state index in [9.17, 15) is 4.39 Å². The Morgan fingerprint density at radius 1 is 1.47 bits per heavy atom. The molecule has 1 fully saturated rings. The third kappa shape index (κ3) is 2.63. The summed E-state index contributed by atoms with van der Waals surface area (Å²) in [7, 11) is 0. The molecule has 1 unspecified atom stereocenters. The number of hydrogen-bond donors (Lipinski definition) is 1. The van der Waals surface area contributed by atoms with Crippen LogP contribution in [0.15, 0.2) is 18.2 Å². The lowest BCUT2D eigenvalue weighted by Gasteiger charge is -2.34. The van der Waals surface area contributed by atoms with Gasteiger partial charge in [-0.05, 0) is 49.4 Å². The van der Waals surface area contributed by atoms with Crippen molar-refractivity contribution in [2.75, 3.05) is 6.54 Å². The van der Waals surface area contributed by atoms with Gasteiger partial charge in [0, 0.05) is 5.54 Å². The first-order valence-electron chi connectivity index (χ1n) is 6.22. The van der Waals surface area contributed by atoms with Crippen molar-refractivity contribution >= 4 is 11.6 Å². The van der Waals surface area contributed by atoms with Gasteiger partial charge in [0.15, 0.2) is 0 Å². The average Bonchev–Trinajstić information content (AvgIpc) is 2.73. The lowest BCUT2D eigenvalue weighted by Crippen LogP contribution is -2.46. The molecule has 1 atom stereocenters. The van der Waals surface area contributed by atoms with Crippen LogP contribution in [0.1, 0.15) is 32.3 Å². The standard InChI is InChI=1S/C14H19ClFN/c1-10(2)14(6-3-7-17-14)9-11-4-5-12(15)13(16)8-11/h4-5,8,10,17H,3,6-7,9H2,1-2H3. The van der Waals surface area contributed by atoms with Crippen molar-refractivity contribution in [3.8, 4) is 0 Å². The molecule has 1 heterocycles. The first kappa shape index (κ1) is 12.8. The highest BCUT2D eigenvalue weighted by Crippen LogP contribution is 2.32. The van der Waals surface area contributed by atoms with E-state index in [1.807, 2.05) is 6.07 Å². The molecule has 1 saturated heterocycles. The largest absolute Gasteiger partial charge is 0.311 e. The number of benzene rings is 1. The second-order valence-electron chi connectivity index (χ2n) is 5.27. The summed E-state index contributed by atoms with van der Waals surface area (Å²) in [6.07, 6.45) is 3.24. The Morgan fingerprint density at radius 2 is 2.24 bits per heavy atom. The van der Waals surface area contributed by atoms with Crippen LogP contribution in [-0.4, -0.2) is 12.1 Å². The van der Waals surface area contributed by atoms with E-state index in [1.54, 1.807) is 12.1 Å². The Bertz CT molecular complexity index is 397. The molecule has 0 saturated carbocycles. The van der Waals surface area contributed by atoms with Gasteiger partial charge in [-0.25, -0.2) is 4.39 Å². The fraction of sp³-hybridized carbons (Fsp3) is 0.571. The van der Waals surface area contributed by atoms with Gasteiger partial charge in [-0.2, -0.15) is 0 Å². The van der Waals surface area contributed by atoms with E-state index in [2.05, 4.69) is 19.2 Å². The van der Waals surface area contributed by atoms with Gasteiger partial charge in [-0.3, -0.25) is 0 Å². The number of nitrogens with one attached hydrogen (secondary N) is 1. The third-order valence-corrected chi connectivity index (χ3v) is 4.19. The van der Waals surface area contributed by atoms with Crippen LogP contribution in [0.2, 0.25) is 5.02 Å². The molecular formula is C14H19ClFN. The van der Waals surface area contributed by atoms with Crippen molar-refractivity contribution in [1.82, 2.24) is 5.32 Å². The van der Waals surface area contributed by atoms with Crippen molar-refractivity contribution < 1.29 is 4.39 Å². The van der Waals surface area contributed by atoms with Gasteiger partial charge in [0.25, 0.3) is 0 Å². The Hall–Kier alpha value is -0.600. The van der Waals surface area contributed by atoms with Crippen LogP contribution in [0.4, 0.5) is 4.39 Å². The Labute approximate surface area is 107 Å². The van der Waals surface area contributed by atoms with Gasteiger partial charge in [-0.15, -0.1) is 0 Å². The molecular weight excluding hydrogens is 237 g/mol. The minimum Gasteiger partial charge on any atom is -0.311 e. The summed E-state index contributed by atoms with van der Waals surface area (Å²) >= 11 is 5.70. The van der Waals surface area contributed by atoms with Crippen molar-refractivity contribution in [3.05, 3.63) is 34.6 Å². The molecule has 1 aromatic rings. The molecule has 1 nitrogen and oxygen atoms in total. The molecule has 1 aliphatic heterocycles. The molecule has 1 aromatic carbocycles. The first-order valence-corrected chi connectivity index (χ1v) is 6.60. The molecule has 94 valence electrons. The maximum absolute atomic E-state index is 13.4. The minimum absolute atomic E-state index is 0.125. The number of halogens is 2. The molecule has 0 amide bonds. The summed E-state index contributed by atoms with van der Waals surface area (Å²) in [5.41, 5.74) is 1.15. The Balaban J connectivity index is 2.20. The average molecular weight is 256 g/mol. The smallest absolute Gasteiger partial charge is 0.142 e. The minimum atomic E-state index is -0.318. The molecule has 0 spiro atoms. The molecule has 1 N–H and O–H groups in total. The van der Waals surface area contributed by atoms with Crippen molar-refractivity contribution in [1.29, 1.82) is 0 Å². The quantitative estimate of drug-likeness (QED) is 0.866. The lowest BCUT2D eigenvalue weighted by molar-refractivity contribution is 0.269. The van der Waals surface area contributed by atoms with Gasteiger partial charge in [0.05, 0.1) is 5.02 Å². The fourth-order valence-corrected chi connectivity index (χ4v) is 2.81. The van der Waals surface area contributed by atoms with Gasteiger partial charge in [0.1, 0.15) is 5.82 Å². The molecule has 2 rings (SSSR count). The van der Waals surface area contributed by atoms with Crippen LogP contribution in [-0.2, 0) is 6.42 Å². The van der Waals surface area contributed by atoms with Crippen molar-refractivity contribution in [2.24, 2.45) is 5.92 Å². The van der Waals surface area contributed by atoms with Crippen LogP contribution in [0.3, 0.4) is 0 Å². The van der Waals surface area contributed by atoms with Crippen LogP contribution in [0.5, 0.6) is 0 Å². The Morgan fingerprint density at radius 3 is 2.76 bits per heavy atom. The normalized spacial score (nSPS) is 24.5. The highest BCUT2D eigenvalue weighted by molar-refractivity contribution is 6.30. The fourth-order valence-electron chi connectivity index (χ4n) is 2.69.